The van der Waals surface area contributed by atoms with Crippen molar-refractivity contribution >= 4 is 16.7 Å². The molecule has 2 N–H and O–H groups in total. The van der Waals surface area contributed by atoms with Crippen molar-refractivity contribution in [3.8, 4) is 5.75 Å². The summed E-state index contributed by atoms with van der Waals surface area (Å²) in [6, 6.07) is 12.3. The third-order valence-corrected chi connectivity index (χ3v) is 5.36. The Bertz CT molecular complexity index is 773. The van der Waals surface area contributed by atoms with Crippen LogP contribution in [0.3, 0.4) is 0 Å². The first kappa shape index (κ1) is 18.7. The van der Waals surface area contributed by atoms with Gasteiger partial charge < -0.3 is 15.4 Å². The maximum absolute atomic E-state index is 12.9. The maximum atomic E-state index is 12.9. The second-order valence-corrected chi connectivity index (χ2v) is 6.92. The van der Waals surface area contributed by atoms with E-state index in [1.807, 2.05) is 36.9 Å². The average Bonchev–Trinajstić information content (AvgIpc) is 3.03. The zero-order valence-corrected chi connectivity index (χ0v) is 15.9. The van der Waals surface area contributed by atoms with Crippen LogP contribution in [-0.2, 0) is 11.3 Å². The van der Waals surface area contributed by atoms with E-state index in [1.54, 1.807) is 7.11 Å². The molecule has 0 spiro atoms. The highest BCUT2D eigenvalue weighted by atomic mass is 16.5. The molecule has 0 saturated carbocycles. The minimum absolute atomic E-state index is 0.0454. The summed E-state index contributed by atoms with van der Waals surface area (Å²) in [6.07, 6.45) is 0.726. The van der Waals surface area contributed by atoms with Gasteiger partial charge in [0.05, 0.1) is 13.2 Å². The van der Waals surface area contributed by atoms with Crippen LogP contribution in [0.4, 0.5) is 0 Å². The van der Waals surface area contributed by atoms with Crippen molar-refractivity contribution in [3.05, 3.63) is 42.0 Å². The summed E-state index contributed by atoms with van der Waals surface area (Å²) in [5.41, 5.74) is 7.42. The molecule has 1 fully saturated rings. The number of likely N-dealkylation sites (tertiary alicyclic amines) is 1. The Morgan fingerprint density at radius 1 is 1.19 bits per heavy atom. The van der Waals surface area contributed by atoms with Gasteiger partial charge in [-0.2, -0.15) is 0 Å². The lowest BCUT2D eigenvalue weighted by Gasteiger charge is -2.29. The normalized spacial score (nSPS) is 20.5. The van der Waals surface area contributed by atoms with Crippen LogP contribution in [0.25, 0.3) is 10.8 Å². The van der Waals surface area contributed by atoms with Crippen molar-refractivity contribution < 1.29 is 9.53 Å². The molecular weight excluding hydrogens is 326 g/mol. The summed E-state index contributed by atoms with van der Waals surface area (Å²) >= 11 is 0. The van der Waals surface area contributed by atoms with Crippen molar-refractivity contribution in [1.29, 1.82) is 0 Å². The molecule has 0 unspecified atom stereocenters. The van der Waals surface area contributed by atoms with Crippen LogP contribution in [0.15, 0.2) is 36.4 Å². The second kappa shape index (κ2) is 8.06. The fraction of sp³-hybridized carbons (Fsp3) is 0.476. The smallest absolute Gasteiger partial charge is 0.239 e. The minimum Gasteiger partial charge on any atom is -0.496 e. The summed E-state index contributed by atoms with van der Waals surface area (Å²) in [5, 5.41) is 2.27. The number of amides is 1. The van der Waals surface area contributed by atoms with E-state index in [2.05, 4.69) is 23.1 Å². The van der Waals surface area contributed by atoms with Gasteiger partial charge in [0.25, 0.3) is 0 Å². The molecule has 0 bridgehead atoms. The summed E-state index contributed by atoms with van der Waals surface area (Å²) in [6.45, 7) is 6.99. The van der Waals surface area contributed by atoms with Gasteiger partial charge in [0.1, 0.15) is 5.75 Å². The number of likely N-dealkylation sites (N-methyl/N-ethyl adjacent to an activating group) is 1. The third-order valence-electron chi connectivity index (χ3n) is 5.36. The molecule has 0 aromatic heterocycles. The Kier molecular flexibility index (Phi) is 5.79. The number of carbonyl (C=O) groups excluding carboxylic acids is 1. The van der Waals surface area contributed by atoms with Gasteiger partial charge in [0, 0.05) is 37.6 Å². The van der Waals surface area contributed by atoms with Gasteiger partial charge in [-0.1, -0.05) is 30.3 Å². The van der Waals surface area contributed by atoms with Crippen LogP contribution in [0.1, 0.15) is 25.8 Å². The topological polar surface area (TPSA) is 58.8 Å². The van der Waals surface area contributed by atoms with E-state index >= 15 is 0 Å². The summed E-state index contributed by atoms with van der Waals surface area (Å²) < 4.78 is 5.50. The highest BCUT2D eigenvalue weighted by Crippen LogP contribution is 2.30. The molecule has 140 valence electrons. The summed E-state index contributed by atoms with van der Waals surface area (Å²) in [5.74, 6) is 1.07. The number of fused-ring (bicyclic) bond motifs is 1. The number of nitrogens with two attached hydrogens (primary N) is 1. The van der Waals surface area contributed by atoms with Crippen LogP contribution in [0, 0.1) is 0 Å². The fourth-order valence-corrected chi connectivity index (χ4v) is 3.99. The molecule has 5 heteroatoms. The fourth-order valence-electron chi connectivity index (χ4n) is 3.99. The molecule has 2 atom stereocenters. The van der Waals surface area contributed by atoms with Crippen LogP contribution >= 0.6 is 0 Å². The predicted octanol–water partition coefficient (Wildman–Crippen LogP) is 2.62. The van der Waals surface area contributed by atoms with E-state index in [4.69, 9.17) is 10.5 Å². The van der Waals surface area contributed by atoms with E-state index in [0.717, 1.165) is 43.7 Å². The zero-order chi connectivity index (χ0) is 18.7. The molecule has 1 aliphatic heterocycles. The van der Waals surface area contributed by atoms with E-state index < -0.39 is 0 Å². The minimum atomic E-state index is -0.134. The number of carbonyl (C=O) groups is 1. The standard InChI is InChI=1S/C21H29N3O2/c1-4-23(5-2)21(25)19-12-16(22)14-24(19)13-15-10-11-20(26-3)18-9-7-6-8-17(15)18/h6-11,16,19H,4-5,12-14,22H2,1-3H3/t16-,19-/m0/s1. The first-order valence-electron chi connectivity index (χ1n) is 9.42. The SMILES string of the molecule is CCN(CC)C(=O)[C@@H]1C[C@H](N)CN1Cc1ccc(OC)c2ccccc12. The molecular formula is C21H29N3O2. The molecule has 26 heavy (non-hydrogen) atoms. The first-order chi connectivity index (χ1) is 12.6. The number of benzene rings is 2. The Labute approximate surface area is 155 Å². The molecule has 2 aromatic rings. The van der Waals surface area contributed by atoms with Gasteiger partial charge in [0.2, 0.25) is 5.91 Å². The lowest BCUT2D eigenvalue weighted by molar-refractivity contribution is -0.135. The largest absolute Gasteiger partial charge is 0.496 e. The van der Waals surface area contributed by atoms with Crippen LogP contribution in [-0.4, -0.2) is 54.5 Å². The Morgan fingerprint density at radius 3 is 2.54 bits per heavy atom. The van der Waals surface area contributed by atoms with Gasteiger partial charge in [0.15, 0.2) is 0 Å². The molecule has 0 aliphatic carbocycles. The van der Waals surface area contributed by atoms with E-state index in [1.165, 1.54) is 10.9 Å². The zero-order valence-electron chi connectivity index (χ0n) is 15.9. The van der Waals surface area contributed by atoms with Crippen molar-refractivity contribution in [2.24, 2.45) is 5.73 Å². The van der Waals surface area contributed by atoms with Crippen molar-refractivity contribution in [1.82, 2.24) is 9.80 Å². The molecule has 2 aromatic carbocycles. The number of hydrogen-bond donors (Lipinski definition) is 1. The van der Waals surface area contributed by atoms with Crippen LogP contribution in [0.2, 0.25) is 0 Å². The van der Waals surface area contributed by atoms with E-state index in [9.17, 15) is 4.79 Å². The van der Waals surface area contributed by atoms with E-state index in [0.29, 0.717) is 0 Å². The highest BCUT2D eigenvalue weighted by Gasteiger charge is 2.36. The lowest BCUT2D eigenvalue weighted by atomic mass is 10.0. The molecule has 0 radical (unpaired) electrons. The maximum Gasteiger partial charge on any atom is 0.239 e. The molecule has 1 saturated heterocycles. The second-order valence-electron chi connectivity index (χ2n) is 6.92. The highest BCUT2D eigenvalue weighted by molar-refractivity contribution is 5.91. The van der Waals surface area contributed by atoms with Crippen molar-refractivity contribution in [3.63, 3.8) is 0 Å². The van der Waals surface area contributed by atoms with Crippen molar-refractivity contribution in [2.75, 3.05) is 26.7 Å². The number of nitrogens with zero attached hydrogens (tertiary/aromatic N) is 2. The number of hydrogen-bond acceptors (Lipinski definition) is 4. The molecule has 3 rings (SSSR count). The van der Waals surface area contributed by atoms with Gasteiger partial charge >= 0.3 is 0 Å². The molecule has 1 amide bonds. The Balaban J connectivity index is 1.90. The predicted molar refractivity (Wildman–Crippen MR) is 105 cm³/mol. The van der Waals surface area contributed by atoms with Gasteiger partial charge in [-0.25, -0.2) is 0 Å². The Hall–Kier alpha value is -2.11. The Morgan fingerprint density at radius 2 is 1.88 bits per heavy atom. The van der Waals surface area contributed by atoms with Crippen LogP contribution in [0.5, 0.6) is 5.75 Å². The number of methoxy groups -OCH3 is 1. The first-order valence-corrected chi connectivity index (χ1v) is 9.42. The lowest BCUT2D eigenvalue weighted by Crippen LogP contribution is -2.45. The monoisotopic (exact) mass is 355 g/mol. The summed E-state index contributed by atoms with van der Waals surface area (Å²) in [4.78, 5) is 17.1. The quantitative estimate of drug-likeness (QED) is 0.865. The molecule has 1 heterocycles. The van der Waals surface area contributed by atoms with Crippen molar-refractivity contribution in [2.45, 2.75) is 38.9 Å². The third kappa shape index (κ3) is 3.55. The van der Waals surface area contributed by atoms with Gasteiger partial charge in [-0.3, -0.25) is 9.69 Å². The average molecular weight is 355 g/mol. The molecule has 1 aliphatic rings. The number of ether oxygens (including phenoxy) is 1. The van der Waals surface area contributed by atoms with E-state index in [-0.39, 0.29) is 18.0 Å². The number of rotatable bonds is 6. The summed E-state index contributed by atoms with van der Waals surface area (Å²) in [7, 11) is 1.69. The van der Waals surface area contributed by atoms with Gasteiger partial charge in [-0.05, 0) is 37.3 Å². The van der Waals surface area contributed by atoms with Crippen LogP contribution < -0.4 is 10.5 Å². The van der Waals surface area contributed by atoms with Gasteiger partial charge in [-0.15, -0.1) is 0 Å². The molecule has 5 nitrogen and oxygen atoms in total.